The van der Waals surface area contributed by atoms with Gasteiger partial charge in [0.15, 0.2) is 0 Å². The molecule has 1 rings (SSSR count). The molecule has 0 aromatic heterocycles. The lowest BCUT2D eigenvalue weighted by molar-refractivity contribution is 0.148. The molecule has 2 amide bonds. The lowest BCUT2D eigenvalue weighted by Gasteiger charge is -2.34. The third kappa shape index (κ3) is 2.57. The van der Waals surface area contributed by atoms with Crippen LogP contribution in [0.3, 0.4) is 0 Å². The molecule has 1 heterocycles. The van der Waals surface area contributed by atoms with Crippen molar-refractivity contribution >= 4 is 6.03 Å². The Balaban J connectivity index is 2.39. The van der Waals surface area contributed by atoms with Gasteiger partial charge in [0.2, 0.25) is 0 Å². The van der Waals surface area contributed by atoms with Gasteiger partial charge in [0.1, 0.15) is 0 Å². The van der Waals surface area contributed by atoms with Crippen molar-refractivity contribution in [2.24, 2.45) is 5.84 Å². The maximum absolute atomic E-state index is 11.2. The minimum atomic E-state index is -0.199. The van der Waals surface area contributed by atoms with E-state index in [1.54, 1.807) is 11.9 Å². The molecule has 1 aliphatic rings. The highest BCUT2D eigenvalue weighted by atomic mass is 16.2. The van der Waals surface area contributed by atoms with Gasteiger partial charge in [-0.2, -0.15) is 0 Å². The normalized spacial score (nSPS) is 19.9. The average Bonchev–Trinajstić information content (AvgIpc) is 2.17. The van der Waals surface area contributed by atoms with Crippen molar-refractivity contribution in [3.8, 4) is 0 Å². The minimum Gasteiger partial charge on any atom is -0.324 e. The lowest BCUT2D eigenvalue weighted by atomic mass is 10.0. The number of nitrogens with zero attached hydrogens (tertiary/aromatic N) is 2. The number of hydrogen-bond donors (Lipinski definition) is 2. The Labute approximate surface area is 78.8 Å². The summed E-state index contributed by atoms with van der Waals surface area (Å²) < 4.78 is 0. The number of rotatable bonds is 1. The van der Waals surface area contributed by atoms with Crippen LogP contribution in [0.2, 0.25) is 0 Å². The number of likely N-dealkylation sites (tertiary alicyclic amines) is 1. The molecule has 0 aromatic rings. The lowest BCUT2D eigenvalue weighted by Crippen LogP contribution is -2.49. The Bertz CT molecular complexity index is 177. The SMILES string of the molecule is CN1CCC(N(C)C(=O)NN)CC1. The Hall–Kier alpha value is -0.810. The van der Waals surface area contributed by atoms with Crippen LogP contribution in [0.5, 0.6) is 0 Å². The Morgan fingerprint density at radius 1 is 1.54 bits per heavy atom. The van der Waals surface area contributed by atoms with Gasteiger partial charge in [-0.1, -0.05) is 0 Å². The van der Waals surface area contributed by atoms with E-state index in [9.17, 15) is 4.79 Å². The van der Waals surface area contributed by atoms with Crippen LogP contribution in [-0.4, -0.2) is 49.1 Å². The van der Waals surface area contributed by atoms with Gasteiger partial charge in [0, 0.05) is 13.1 Å². The van der Waals surface area contributed by atoms with Gasteiger partial charge in [-0.25, -0.2) is 10.6 Å². The number of carbonyl (C=O) groups is 1. The minimum absolute atomic E-state index is 0.199. The molecule has 0 radical (unpaired) electrons. The largest absolute Gasteiger partial charge is 0.331 e. The van der Waals surface area contributed by atoms with Crippen LogP contribution >= 0.6 is 0 Å². The van der Waals surface area contributed by atoms with E-state index in [1.807, 2.05) is 0 Å². The molecule has 76 valence electrons. The molecule has 0 spiro atoms. The molecule has 3 N–H and O–H groups in total. The predicted molar refractivity (Wildman–Crippen MR) is 51.0 cm³/mol. The predicted octanol–water partition coefficient (Wildman–Crippen LogP) is -0.404. The topological polar surface area (TPSA) is 61.6 Å². The van der Waals surface area contributed by atoms with Gasteiger partial charge in [-0.15, -0.1) is 0 Å². The van der Waals surface area contributed by atoms with Gasteiger partial charge in [-0.3, -0.25) is 5.43 Å². The number of piperidine rings is 1. The fourth-order valence-electron chi connectivity index (χ4n) is 1.65. The smallest absolute Gasteiger partial charge is 0.324 e. The zero-order valence-corrected chi connectivity index (χ0v) is 8.29. The monoisotopic (exact) mass is 186 g/mol. The zero-order chi connectivity index (χ0) is 9.84. The molecule has 13 heavy (non-hydrogen) atoms. The highest BCUT2D eigenvalue weighted by Crippen LogP contribution is 2.13. The maximum Gasteiger partial charge on any atom is 0.331 e. The summed E-state index contributed by atoms with van der Waals surface area (Å²) in [7, 11) is 3.89. The van der Waals surface area contributed by atoms with Crippen LogP contribution in [0.15, 0.2) is 0 Å². The second kappa shape index (κ2) is 4.43. The molecule has 5 heteroatoms. The van der Waals surface area contributed by atoms with E-state index >= 15 is 0 Å². The van der Waals surface area contributed by atoms with Crippen molar-refractivity contribution in [2.45, 2.75) is 18.9 Å². The first-order chi connectivity index (χ1) is 6.15. The van der Waals surface area contributed by atoms with Gasteiger partial charge < -0.3 is 9.80 Å². The third-order valence-corrected chi connectivity index (χ3v) is 2.68. The summed E-state index contributed by atoms with van der Waals surface area (Å²) in [6, 6.07) is 0.134. The summed E-state index contributed by atoms with van der Waals surface area (Å²) in [6.07, 6.45) is 2.06. The van der Waals surface area contributed by atoms with E-state index < -0.39 is 0 Å². The van der Waals surface area contributed by atoms with Gasteiger partial charge in [-0.05, 0) is 33.0 Å². The fraction of sp³-hybridized carbons (Fsp3) is 0.875. The van der Waals surface area contributed by atoms with Crippen LogP contribution in [-0.2, 0) is 0 Å². The Morgan fingerprint density at radius 2 is 2.08 bits per heavy atom. The number of amides is 2. The van der Waals surface area contributed by atoms with Crippen LogP contribution in [0, 0.1) is 0 Å². The molecule has 5 nitrogen and oxygen atoms in total. The molecule has 0 aromatic carbocycles. The summed E-state index contributed by atoms with van der Waals surface area (Å²) in [5.74, 6) is 5.06. The van der Waals surface area contributed by atoms with Crippen molar-refractivity contribution in [3.05, 3.63) is 0 Å². The average molecular weight is 186 g/mol. The second-order valence-corrected chi connectivity index (χ2v) is 3.59. The van der Waals surface area contributed by atoms with E-state index in [-0.39, 0.29) is 6.03 Å². The van der Waals surface area contributed by atoms with E-state index in [2.05, 4.69) is 17.4 Å². The first kappa shape index (κ1) is 10.3. The molecule has 0 unspecified atom stereocenters. The molecular formula is C8H18N4O. The Kier molecular flexibility index (Phi) is 3.50. The van der Waals surface area contributed by atoms with Crippen molar-refractivity contribution in [1.82, 2.24) is 15.2 Å². The van der Waals surface area contributed by atoms with E-state index in [0.29, 0.717) is 6.04 Å². The third-order valence-electron chi connectivity index (χ3n) is 2.68. The van der Waals surface area contributed by atoms with E-state index in [0.717, 1.165) is 25.9 Å². The highest BCUT2D eigenvalue weighted by Gasteiger charge is 2.23. The number of nitrogens with one attached hydrogen (secondary N) is 1. The molecule has 0 saturated carbocycles. The van der Waals surface area contributed by atoms with Gasteiger partial charge in [0.25, 0.3) is 0 Å². The summed E-state index contributed by atoms with van der Waals surface area (Å²) in [5.41, 5.74) is 2.15. The van der Waals surface area contributed by atoms with E-state index in [1.165, 1.54) is 0 Å². The first-order valence-corrected chi connectivity index (χ1v) is 4.57. The number of carbonyl (C=O) groups excluding carboxylic acids is 1. The quantitative estimate of drug-likeness (QED) is 0.332. The van der Waals surface area contributed by atoms with Crippen molar-refractivity contribution in [1.29, 1.82) is 0 Å². The number of urea groups is 1. The molecule has 1 saturated heterocycles. The molecular weight excluding hydrogens is 168 g/mol. The molecule has 0 atom stereocenters. The maximum atomic E-state index is 11.2. The molecule has 1 fully saturated rings. The first-order valence-electron chi connectivity index (χ1n) is 4.57. The number of hydrogen-bond acceptors (Lipinski definition) is 3. The summed E-state index contributed by atoms with van der Waals surface area (Å²) in [5, 5.41) is 0. The summed E-state index contributed by atoms with van der Waals surface area (Å²) in [6.45, 7) is 2.10. The highest BCUT2D eigenvalue weighted by molar-refractivity contribution is 5.73. The van der Waals surface area contributed by atoms with Crippen molar-refractivity contribution < 1.29 is 4.79 Å². The summed E-state index contributed by atoms with van der Waals surface area (Å²) in [4.78, 5) is 15.1. The van der Waals surface area contributed by atoms with E-state index in [4.69, 9.17) is 5.84 Å². The van der Waals surface area contributed by atoms with Crippen LogP contribution < -0.4 is 11.3 Å². The number of nitrogens with two attached hydrogens (primary N) is 1. The van der Waals surface area contributed by atoms with Gasteiger partial charge >= 0.3 is 6.03 Å². The molecule has 0 aliphatic carbocycles. The van der Waals surface area contributed by atoms with Crippen molar-refractivity contribution in [3.63, 3.8) is 0 Å². The van der Waals surface area contributed by atoms with Gasteiger partial charge in [0.05, 0.1) is 0 Å². The van der Waals surface area contributed by atoms with Crippen LogP contribution in [0.4, 0.5) is 4.79 Å². The van der Waals surface area contributed by atoms with Crippen LogP contribution in [0.1, 0.15) is 12.8 Å². The fourth-order valence-corrected chi connectivity index (χ4v) is 1.65. The molecule has 1 aliphatic heterocycles. The second-order valence-electron chi connectivity index (χ2n) is 3.59. The van der Waals surface area contributed by atoms with Crippen LogP contribution in [0.25, 0.3) is 0 Å². The number of hydrazine groups is 1. The Morgan fingerprint density at radius 3 is 2.54 bits per heavy atom. The standard InChI is InChI=1S/C8H18N4O/c1-11-5-3-7(4-6-11)12(2)8(13)10-9/h7H,3-6,9H2,1-2H3,(H,10,13). The summed E-state index contributed by atoms with van der Waals surface area (Å²) >= 11 is 0. The van der Waals surface area contributed by atoms with Crippen molar-refractivity contribution in [2.75, 3.05) is 27.2 Å². The molecule has 0 bridgehead atoms. The zero-order valence-electron chi connectivity index (χ0n) is 8.29.